The van der Waals surface area contributed by atoms with E-state index < -0.39 is 0 Å². The summed E-state index contributed by atoms with van der Waals surface area (Å²) < 4.78 is 5.40. The molecule has 0 saturated carbocycles. The van der Waals surface area contributed by atoms with Crippen molar-refractivity contribution in [2.45, 2.75) is 40.0 Å². The summed E-state index contributed by atoms with van der Waals surface area (Å²) in [6.07, 6.45) is 2.98. The molecule has 0 fully saturated rings. The Hall–Kier alpha value is -1.76. The molecule has 0 atom stereocenters. The van der Waals surface area contributed by atoms with Crippen LogP contribution in [-0.4, -0.2) is 41.0 Å². The standard InChI is InChI=1S/C13H23N5O2/c1-4-5-8-20-9-6-7-14-13(19)16-12-15-10(2)11(3)17-18-12/h4-9H2,1-3H3,(H2,14,15,16,18,19). The molecule has 0 aromatic carbocycles. The highest BCUT2D eigenvalue weighted by Gasteiger charge is 2.05. The first-order valence-corrected chi connectivity index (χ1v) is 6.94. The van der Waals surface area contributed by atoms with E-state index >= 15 is 0 Å². The molecule has 0 aliphatic carbocycles. The summed E-state index contributed by atoms with van der Waals surface area (Å²) >= 11 is 0. The van der Waals surface area contributed by atoms with Crippen molar-refractivity contribution in [2.75, 3.05) is 25.1 Å². The molecule has 0 aliphatic heterocycles. The van der Waals surface area contributed by atoms with Crippen LogP contribution in [-0.2, 0) is 4.74 Å². The summed E-state index contributed by atoms with van der Waals surface area (Å²) in [6, 6.07) is -0.330. The molecule has 1 aromatic rings. The van der Waals surface area contributed by atoms with Crippen molar-refractivity contribution >= 4 is 12.0 Å². The van der Waals surface area contributed by atoms with Crippen LogP contribution >= 0.6 is 0 Å². The van der Waals surface area contributed by atoms with Crippen LogP contribution in [0.4, 0.5) is 10.7 Å². The van der Waals surface area contributed by atoms with Gasteiger partial charge in [0.2, 0.25) is 0 Å². The number of urea groups is 1. The number of anilines is 1. The van der Waals surface area contributed by atoms with Gasteiger partial charge in [0.1, 0.15) is 0 Å². The zero-order chi connectivity index (χ0) is 14.8. The van der Waals surface area contributed by atoms with E-state index in [1.165, 1.54) is 0 Å². The Labute approximate surface area is 119 Å². The molecular formula is C13H23N5O2. The number of ether oxygens (including phenoxy) is 1. The summed E-state index contributed by atoms with van der Waals surface area (Å²) in [7, 11) is 0. The molecule has 0 bridgehead atoms. The van der Waals surface area contributed by atoms with Crippen molar-refractivity contribution in [3.05, 3.63) is 11.4 Å². The van der Waals surface area contributed by atoms with Gasteiger partial charge in [-0.1, -0.05) is 13.3 Å². The predicted octanol–water partition coefficient (Wildman–Crippen LogP) is 1.82. The van der Waals surface area contributed by atoms with Crippen molar-refractivity contribution in [2.24, 2.45) is 0 Å². The first kappa shape index (κ1) is 16.3. The fourth-order valence-electron chi connectivity index (χ4n) is 1.38. The fourth-order valence-corrected chi connectivity index (χ4v) is 1.38. The lowest BCUT2D eigenvalue weighted by atomic mass is 10.4. The lowest BCUT2D eigenvalue weighted by molar-refractivity contribution is 0.129. The molecule has 0 saturated heterocycles. The molecule has 1 aromatic heterocycles. The third kappa shape index (κ3) is 6.42. The Bertz CT molecular complexity index is 425. The van der Waals surface area contributed by atoms with Crippen LogP contribution in [0.5, 0.6) is 0 Å². The SMILES string of the molecule is CCCCOCCCNC(=O)Nc1nnc(C)c(C)n1. The van der Waals surface area contributed by atoms with Gasteiger partial charge in [-0.05, 0) is 26.7 Å². The van der Waals surface area contributed by atoms with E-state index in [0.717, 1.165) is 37.3 Å². The number of unbranched alkanes of at least 4 members (excludes halogenated alkanes) is 1. The van der Waals surface area contributed by atoms with Crippen LogP contribution in [0.25, 0.3) is 0 Å². The quantitative estimate of drug-likeness (QED) is 0.709. The Morgan fingerprint density at radius 2 is 1.90 bits per heavy atom. The number of amides is 2. The molecule has 0 spiro atoms. The monoisotopic (exact) mass is 281 g/mol. The van der Waals surface area contributed by atoms with Gasteiger partial charge in [0.25, 0.3) is 5.95 Å². The van der Waals surface area contributed by atoms with Gasteiger partial charge in [0.05, 0.1) is 11.4 Å². The number of hydrogen-bond donors (Lipinski definition) is 2. The molecule has 7 nitrogen and oxygen atoms in total. The van der Waals surface area contributed by atoms with Crippen LogP contribution < -0.4 is 10.6 Å². The molecule has 7 heteroatoms. The lowest BCUT2D eigenvalue weighted by Gasteiger charge is -2.07. The molecule has 0 unspecified atom stereocenters. The summed E-state index contributed by atoms with van der Waals surface area (Å²) in [5.74, 6) is 0.213. The van der Waals surface area contributed by atoms with Crippen LogP contribution in [0, 0.1) is 13.8 Å². The number of carbonyl (C=O) groups excluding carboxylic acids is 1. The molecular weight excluding hydrogens is 258 g/mol. The van der Waals surface area contributed by atoms with Crippen LogP contribution in [0.2, 0.25) is 0 Å². The molecule has 2 N–H and O–H groups in total. The van der Waals surface area contributed by atoms with Crippen LogP contribution in [0.3, 0.4) is 0 Å². The number of aryl methyl sites for hydroxylation is 2. The van der Waals surface area contributed by atoms with Gasteiger partial charge in [-0.2, -0.15) is 5.10 Å². The van der Waals surface area contributed by atoms with Gasteiger partial charge in [0.15, 0.2) is 0 Å². The maximum absolute atomic E-state index is 11.6. The number of nitrogens with one attached hydrogen (secondary N) is 2. The summed E-state index contributed by atoms with van der Waals surface area (Å²) in [5, 5.41) is 13.0. The van der Waals surface area contributed by atoms with Gasteiger partial charge >= 0.3 is 6.03 Å². The molecule has 20 heavy (non-hydrogen) atoms. The second-order valence-corrected chi connectivity index (χ2v) is 4.51. The minimum atomic E-state index is -0.330. The van der Waals surface area contributed by atoms with E-state index in [-0.39, 0.29) is 12.0 Å². The summed E-state index contributed by atoms with van der Waals surface area (Å²) in [4.78, 5) is 15.7. The molecule has 2 amide bonds. The largest absolute Gasteiger partial charge is 0.381 e. The molecule has 1 rings (SSSR count). The highest BCUT2D eigenvalue weighted by molar-refractivity contribution is 5.87. The van der Waals surface area contributed by atoms with Gasteiger partial charge in [-0.3, -0.25) is 5.32 Å². The van der Waals surface area contributed by atoms with Crippen molar-refractivity contribution < 1.29 is 9.53 Å². The second-order valence-electron chi connectivity index (χ2n) is 4.51. The van der Waals surface area contributed by atoms with E-state index in [9.17, 15) is 4.79 Å². The topological polar surface area (TPSA) is 89.0 Å². The van der Waals surface area contributed by atoms with E-state index in [2.05, 4.69) is 32.7 Å². The van der Waals surface area contributed by atoms with Crippen LogP contribution in [0.15, 0.2) is 0 Å². The second kappa shape index (κ2) is 9.19. The third-order valence-electron chi connectivity index (χ3n) is 2.71. The molecule has 0 aliphatic rings. The normalized spacial score (nSPS) is 10.3. The van der Waals surface area contributed by atoms with Gasteiger partial charge in [-0.25, -0.2) is 9.78 Å². The smallest absolute Gasteiger partial charge is 0.321 e. The van der Waals surface area contributed by atoms with Crippen molar-refractivity contribution in [3.63, 3.8) is 0 Å². The van der Waals surface area contributed by atoms with E-state index in [0.29, 0.717) is 13.2 Å². The third-order valence-corrected chi connectivity index (χ3v) is 2.71. The zero-order valence-corrected chi connectivity index (χ0v) is 12.4. The molecule has 0 radical (unpaired) electrons. The van der Waals surface area contributed by atoms with Crippen molar-refractivity contribution in [3.8, 4) is 0 Å². The van der Waals surface area contributed by atoms with E-state index in [1.54, 1.807) is 0 Å². The summed E-state index contributed by atoms with van der Waals surface area (Å²) in [6.45, 7) is 7.75. The van der Waals surface area contributed by atoms with Gasteiger partial charge in [0, 0.05) is 19.8 Å². The molecule has 1 heterocycles. The van der Waals surface area contributed by atoms with Gasteiger partial charge < -0.3 is 10.1 Å². The minimum absolute atomic E-state index is 0.213. The Kier molecular flexibility index (Phi) is 7.49. The first-order valence-electron chi connectivity index (χ1n) is 6.94. The average molecular weight is 281 g/mol. The number of carbonyl (C=O) groups is 1. The van der Waals surface area contributed by atoms with Crippen molar-refractivity contribution in [1.29, 1.82) is 0 Å². The number of aromatic nitrogens is 3. The Balaban J connectivity index is 2.15. The maximum Gasteiger partial charge on any atom is 0.321 e. The number of hydrogen-bond acceptors (Lipinski definition) is 5. The minimum Gasteiger partial charge on any atom is -0.381 e. The van der Waals surface area contributed by atoms with Crippen molar-refractivity contribution in [1.82, 2.24) is 20.5 Å². The Morgan fingerprint density at radius 3 is 2.60 bits per heavy atom. The highest BCUT2D eigenvalue weighted by Crippen LogP contribution is 2.01. The number of nitrogens with zero attached hydrogens (tertiary/aromatic N) is 3. The maximum atomic E-state index is 11.6. The number of rotatable bonds is 8. The predicted molar refractivity (Wildman–Crippen MR) is 76.7 cm³/mol. The van der Waals surface area contributed by atoms with E-state index in [4.69, 9.17) is 4.74 Å². The Morgan fingerprint density at radius 1 is 1.15 bits per heavy atom. The van der Waals surface area contributed by atoms with Gasteiger partial charge in [-0.15, -0.1) is 5.10 Å². The zero-order valence-electron chi connectivity index (χ0n) is 12.4. The van der Waals surface area contributed by atoms with E-state index in [1.807, 2.05) is 13.8 Å². The first-order chi connectivity index (χ1) is 9.63. The fraction of sp³-hybridized carbons (Fsp3) is 0.692. The average Bonchev–Trinajstić information content (AvgIpc) is 2.42. The molecule has 112 valence electrons. The summed E-state index contributed by atoms with van der Waals surface area (Å²) in [5.41, 5.74) is 1.50. The van der Waals surface area contributed by atoms with Crippen LogP contribution in [0.1, 0.15) is 37.6 Å². The lowest BCUT2D eigenvalue weighted by Crippen LogP contribution is -2.31. The highest BCUT2D eigenvalue weighted by atomic mass is 16.5.